The fraction of sp³-hybridized carbons (Fsp3) is 0.500. The van der Waals surface area contributed by atoms with Crippen LogP contribution in [0.1, 0.15) is 5.76 Å². The average molecular weight is 267 g/mol. The topological polar surface area (TPSA) is 83.8 Å². The van der Waals surface area contributed by atoms with Crippen LogP contribution in [0.25, 0.3) is 0 Å². The maximum atomic E-state index is 12.3. The Balaban J connectivity index is 1.99. The fourth-order valence-electron chi connectivity index (χ4n) is 1.88. The van der Waals surface area contributed by atoms with E-state index in [0.29, 0.717) is 32.0 Å². The number of amides is 3. The average Bonchev–Trinajstić information content (AvgIpc) is 3.05. The number of methoxy groups -OCH3 is 1. The first-order valence-corrected chi connectivity index (χ1v) is 6.05. The molecule has 7 nitrogen and oxygen atoms in total. The van der Waals surface area contributed by atoms with E-state index in [0.717, 1.165) is 0 Å². The van der Waals surface area contributed by atoms with Crippen molar-refractivity contribution < 1.29 is 18.7 Å². The largest absolute Gasteiger partial charge is 0.467 e. The highest BCUT2D eigenvalue weighted by atomic mass is 16.5. The van der Waals surface area contributed by atoms with Crippen LogP contribution in [0.2, 0.25) is 0 Å². The number of furan rings is 1. The van der Waals surface area contributed by atoms with E-state index in [1.54, 1.807) is 30.4 Å². The molecule has 0 radical (unpaired) electrons. The summed E-state index contributed by atoms with van der Waals surface area (Å²) in [6, 6.07) is 2.73. The zero-order valence-corrected chi connectivity index (χ0v) is 10.7. The molecule has 104 valence electrons. The summed E-state index contributed by atoms with van der Waals surface area (Å²) < 4.78 is 10.2. The van der Waals surface area contributed by atoms with Crippen molar-refractivity contribution in [3.63, 3.8) is 0 Å². The molecule has 0 spiro atoms. The minimum absolute atomic E-state index is 0.146. The quantitative estimate of drug-likeness (QED) is 0.756. The Hall–Kier alpha value is -2.02. The molecule has 1 aromatic rings. The van der Waals surface area contributed by atoms with Crippen molar-refractivity contribution in [3.05, 3.63) is 24.2 Å². The highest BCUT2D eigenvalue weighted by molar-refractivity contribution is 5.90. The van der Waals surface area contributed by atoms with Gasteiger partial charge in [-0.25, -0.2) is 4.79 Å². The van der Waals surface area contributed by atoms with Crippen molar-refractivity contribution in [3.8, 4) is 0 Å². The Morgan fingerprint density at radius 1 is 1.63 bits per heavy atom. The molecule has 1 aromatic heterocycles. The highest BCUT2D eigenvalue weighted by Crippen LogP contribution is 2.08. The minimum atomic E-state index is -0.528. The van der Waals surface area contributed by atoms with E-state index in [-0.39, 0.29) is 11.9 Å². The number of nitrogens with zero attached hydrogens (tertiary/aromatic N) is 1. The highest BCUT2D eigenvalue weighted by Gasteiger charge is 2.30. The van der Waals surface area contributed by atoms with Gasteiger partial charge in [0.15, 0.2) is 0 Å². The third-order valence-corrected chi connectivity index (χ3v) is 2.87. The summed E-state index contributed by atoms with van der Waals surface area (Å²) >= 11 is 0. The second-order valence-corrected chi connectivity index (χ2v) is 4.24. The molecule has 3 amide bonds. The number of hydrogen-bond donors (Lipinski definition) is 2. The Labute approximate surface area is 110 Å². The van der Waals surface area contributed by atoms with Gasteiger partial charge in [-0.1, -0.05) is 0 Å². The monoisotopic (exact) mass is 267 g/mol. The normalized spacial score (nSPS) is 17.9. The number of hydrogen-bond acceptors (Lipinski definition) is 4. The molecule has 1 atom stereocenters. The Morgan fingerprint density at radius 2 is 2.47 bits per heavy atom. The summed E-state index contributed by atoms with van der Waals surface area (Å²) in [5.41, 5.74) is 0. The van der Waals surface area contributed by atoms with E-state index in [2.05, 4.69) is 10.6 Å². The molecule has 0 saturated carbocycles. The van der Waals surface area contributed by atoms with Crippen LogP contribution in [-0.4, -0.2) is 49.7 Å². The lowest BCUT2D eigenvalue weighted by molar-refractivity contribution is -0.134. The molecule has 2 N–H and O–H groups in total. The lowest BCUT2D eigenvalue weighted by atomic mass is 10.2. The zero-order valence-electron chi connectivity index (χ0n) is 10.7. The molecule has 0 aromatic carbocycles. The first-order chi connectivity index (χ1) is 9.20. The first kappa shape index (κ1) is 13.4. The van der Waals surface area contributed by atoms with Gasteiger partial charge in [-0.3, -0.25) is 4.79 Å². The van der Waals surface area contributed by atoms with E-state index < -0.39 is 6.04 Å². The smallest absolute Gasteiger partial charge is 0.315 e. The number of ether oxygens (including phenoxy) is 1. The number of nitrogens with one attached hydrogen (secondary N) is 2. The third-order valence-electron chi connectivity index (χ3n) is 2.87. The van der Waals surface area contributed by atoms with Gasteiger partial charge in [-0.2, -0.15) is 0 Å². The summed E-state index contributed by atoms with van der Waals surface area (Å²) in [7, 11) is 1.58. The molecule has 19 heavy (non-hydrogen) atoms. The van der Waals surface area contributed by atoms with Gasteiger partial charge in [-0.15, -0.1) is 0 Å². The number of urea groups is 1. The molecule has 7 heteroatoms. The van der Waals surface area contributed by atoms with Crippen molar-refractivity contribution in [1.82, 2.24) is 15.5 Å². The summed E-state index contributed by atoms with van der Waals surface area (Å²) in [5.74, 6) is 0.550. The Bertz CT molecular complexity index is 432. The summed E-state index contributed by atoms with van der Waals surface area (Å²) in [6.07, 6.45) is 1.56. The second kappa shape index (κ2) is 6.24. The van der Waals surface area contributed by atoms with Crippen molar-refractivity contribution in [2.24, 2.45) is 0 Å². The van der Waals surface area contributed by atoms with Gasteiger partial charge >= 0.3 is 6.03 Å². The van der Waals surface area contributed by atoms with Crippen LogP contribution >= 0.6 is 0 Å². The maximum absolute atomic E-state index is 12.3. The van der Waals surface area contributed by atoms with Crippen molar-refractivity contribution in [2.45, 2.75) is 12.6 Å². The van der Waals surface area contributed by atoms with Gasteiger partial charge in [-0.05, 0) is 12.1 Å². The molecule has 0 bridgehead atoms. The predicted molar refractivity (Wildman–Crippen MR) is 66.3 cm³/mol. The van der Waals surface area contributed by atoms with Crippen LogP contribution in [0.15, 0.2) is 22.8 Å². The molecule has 2 rings (SSSR count). The van der Waals surface area contributed by atoms with E-state index >= 15 is 0 Å². The molecule has 1 saturated heterocycles. The lowest BCUT2D eigenvalue weighted by Crippen LogP contribution is -2.46. The van der Waals surface area contributed by atoms with Crippen LogP contribution in [0.3, 0.4) is 0 Å². The molecular formula is C12H17N3O4. The Kier molecular flexibility index (Phi) is 4.40. The van der Waals surface area contributed by atoms with Crippen LogP contribution in [0.5, 0.6) is 0 Å². The summed E-state index contributed by atoms with van der Waals surface area (Å²) in [4.78, 5) is 25.0. The van der Waals surface area contributed by atoms with E-state index in [1.807, 2.05) is 0 Å². The molecule has 1 aliphatic rings. The van der Waals surface area contributed by atoms with E-state index in [4.69, 9.17) is 9.15 Å². The van der Waals surface area contributed by atoms with Gasteiger partial charge in [0.05, 0.1) is 19.4 Å². The predicted octanol–water partition coefficient (Wildman–Crippen LogP) is -0.0640. The van der Waals surface area contributed by atoms with Crippen LogP contribution in [-0.2, 0) is 16.1 Å². The Morgan fingerprint density at radius 3 is 3.05 bits per heavy atom. The SMILES string of the molecule is COCCN(Cc1ccco1)C(=O)[C@@H]1CNC(=O)N1. The number of carbonyl (C=O) groups is 2. The van der Waals surface area contributed by atoms with Gasteiger partial charge in [0.25, 0.3) is 0 Å². The zero-order chi connectivity index (χ0) is 13.7. The van der Waals surface area contributed by atoms with Crippen molar-refractivity contribution in [1.29, 1.82) is 0 Å². The van der Waals surface area contributed by atoms with Gasteiger partial charge in [0, 0.05) is 20.2 Å². The fourth-order valence-corrected chi connectivity index (χ4v) is 1.88. The molecular weight excluding hydrogens is 250 g/mol. The number of rotatable bonds is 6. The van der Waals surface area contributed by atoms with Crippen molar-refractivity contribution >= 4 is 11.9 Å². The maximum Gasteiger partial charge on any atom is 0.315 e. The van der Waals surface area contributed by atoms with Crippen LogP contribution in [0, 0.1) is 0 Å². The first-order valence-electron chi connectivity index (χ1n) is 6.05. The molecule has 0 unspecified atom stereocenters. The standard InChI is InChI=1S/C12H17N3O4/c1-18-6-4-15(8-9-3-2-5-19-9)11(16)10-7-13-12(17)14-10/h2-3,5,10H,4,6-8H2,1H3,(H2,13,14,17)/t10-/m0/s1. The summed E-state index contributed by atoms with van der Waals surface area (Å²) in [6.45, 7) is 1.55. The molecule has 2 heterocycles. The number of carbonyl (C=O) groups excluding carboxylic acids is 2. The van der Waals surface area contributed by atoms with Gasteiger partial charge in [0.1, 0.15) is 11.8 Å². The summed E-state index contributed by atoms with van der Waals surface area (Å²) in [5, 5.41) is 5.15. The van der Waals surface area contributed by atoms with Crippen LogP contribution in [0.4, 0.5) is 4.79 Å². The minimum Gasteiger partial charge on any atom is -0.467 e. The van der Waals surface area contributed by atoms with E-state index in [1.165, 1.54) is 0 Å². The van der Waals surface area contributed by atoms with Gasteiger partial charge in [0.2, 0.25) is 5.91 Å². The van der Waals surface area contributed by atoms with Crippen LogP contribution < -0.4 is 10.6 Å². The van der Waals surface area contributed by atoms with E-state index in [9.17, 15) is 9.59 Å². The molecule has 1 fully saturated rings. The third kappa shape index (κ3) is 3.47. The second-order valence-electron chi connectivity index (χ2n) is 4.24. The lowest BCUT2D eigenvalue weighted by Gasteiger charge is -2.23. The molecule has 0 aliphatic carbocycles. The molecule has 1 aliphatic heterocycles. The van der Waals surface area contributed by atoms with Gasteiger partial charge < -0.3 is 24.7 Å². The van der Waals surface area contributed by atoms with Crippen molar-refractivity contribution in [2.75, 3.05) is 26.8 Å².